The van der Waals surface area contributed by atoms with Crippen LogP contribution in [0.25, 0.3) is 0 Å². The van der Waals surface area contributed by atoms with Gasteiger partial charge in [0.25, 0.3) is 0 Å². The molecular formula is C20H27NO. The zero-order valence-corrected chi connectivity index (χ0v) is 13.9. The Labute approximate surface area is 134 Å². The second-order valence-electron chi connectivity index (χ2n) is 6.04. The zero-order valence-electron chi connectivity index (χ0n) is 13.9. The van der Waals surface area contributed by atoms with Gasteiger partial charge in [0.15, 0.2) is 0 Å². The highest BCUT2D eigenvalue weighted by atomic mass is 16.5. The largest absolute Gasteiger partial charge is 0.493 e. The van der Waals surface area contributed by atoms with Gasteiger partial charge in [-0.2, -0.15) is 0 Å². The van der Waals surface area contributed by atoms with Crippen LogP contribution < -0.4 is 10.5 Å². The molecule has 0 bridgehead atoms. The van der Waals surface area contributed by atoms with E-state index in [9.17, 15) is 0 Å². The number of aryl methyl sites for hydroxylation is 3. The first-order chi connectivity index (χ1) is 10.6. The second kappa shape index (κ2) is 8.00. The average molecular weight is 297 g/mol. The molecule has 118 valence electrons. The monoisotopic (exact) mass is 297 g/mol. The molecule has 2 rings (SSSR count). The lowest BCUT2D eigenvalue weighted by molar-refractivity contribution is 0.299. The quantitative estimate of drug-likeness (QED) is 0.763. The molecule has 0 heterocycles. The molecule has 0 fully saturated rings. The highest BCUT2D eigenvalue weighted by Gasteiger charge is 2.09. The van der Waals surface area contributed by atoms with Crippen LogP contribution in [0.1, 0.15) is 41.0 Å². The van der Waals surface area contributed by atoms with Crippen molar-refractivity contribution in [2.75, 3.05) is 13.2 Å². The first kappa shape index (κ1) is 16.6. The molecule has 0 saturated carbocycles. The van der Waals surface area contributed by atoms with Crippen LogP contribution in [-0.4, -0.2) is 13.2 Å². The fourth-order valence-corrected chi connectivity index (χ4v) is 2.75. The Balaban J connectivity index is 1.85. The highest BCUT2D eigenvalue weighted by molar-refractivity contribution is 5.40. The fraction of sp³-hybridized carbons (Fsp3) is 0.400. The minimum Gasteiger partial charge on any atom is -0.493 e. The maximum absolute atomic E-state index is 5.96. The molecule has 0 aromatic heterocycles. The van der Waals surface area contributed by atoms with Crippen molar-refractivity contribution < 1.29 is 4.74 Å². The van der Waals surface area contributed by atoms with Crippen molar-refractivity contribution in [3.8, 4) is 5.75 Å². The number of ether oxygens (including phenoxy) is 1. The summed E-state index contributed by atoms with van der Waals surface area (Å²) in [6, 6.07) is 14.8. The predicted molar refractivity (Wildman–Crippen MR) is 93.6 cm³/mol. The number of nitrogens with two attached hydrogens (primary N) is 1. The van der Waals surface area contributed by atoms with E-state index in [1.807, 2.05) is 6.07 Å². The summed E-state index contributed by atoms with van der Waals surface area (Å²) in [6.07, 6.45) is 2.08. The molecule has 22 heavy (non-hydrogen) atoms. The SMILES string of the molecule is Cc1cc(C)c(OCCCC(CN)c2ccccc2)cc1C. The molecule has 0 spiro atoms. The van der Waals surface area contributed by atoms with Crippen LogP contribution in [0.4, 0.5) is 0 Å². The molecule has 2 nitrogen and oxygen atoms in total. The van der Waals surface area contributed by atoms with Crippen LogP contribution in [-0.2, 0) is 0 Å². The van der Waals surface area contributed by atoms with E-state index in [-0.39, 0.29) is 0 Å². The van der Waals surface area contributed by atoms with Crippen LogP contribution in [0.2, 0.25) is 0 Å². The van der Waals surface area contributed by atoms with Gasteiger partial charge in [-0.1, -0.05) is 36.4 Å². The smallest absolute Gasteiger partial charge is 0.122 e. The van der Waals surface area contributed by atoms with Gasteiger partial charge in [0.05, 0.1) is 6.61 Å². The van der Waals surface area contributed by atoms with Gasteiger partial charge < -0.3 is 10.5 Å². The molecule has 0 radical (unpaired) electrons. The van der Waals surface area contributed by atoms with Crippen molar-refractivity contribution in [1.29, 1.82) is 0 Å². The van der Waals surface area contributed by atoms with Gasteiger partial charge in [-0.15, -0.1) is 0 Å². The zero-order chi connectivity index (χ0) is 15.9. The molecule has 2 heteroatoms. The summed E-state index contributed by atoms with van der Waals surface area (Å²) < 4.78 is 5.96. The Hall–Kier alpha value is -1.80. The molecule has 0 amide bonds. The van der Waals surface area contributed by atoms with E-state index in [0.717, 1.165) is 25.2 Å². The van der Waals surface area contributed by atoms with Gasteiger partial charge >= 0.3 is 0 Å². The van der Waals surface area contributed by atoms with Crippen LogP contribution in [0.3, 0.4) is 0 Å². The van der Waals surface area contributed by atoms with E-state index >= 15 is 0 Å². The lowest BCUT2D eigenvalue weighted by Crippen LogP contribution is -2.13. The summed E-state index contributed by atoms with van der Waals surface area (Å²) in [5.41, 5.74) is 11.1. The lowest BCUT2D eigenvalue weighted by atomic mass is 9.94. The van der Waals surface area contributed by atoms with E-state index in [1.165, 1.54) is 22.3 Å². The predicted octanol–water partition coefficient (Wildman–Crippen LogP) is 4.51. The maximum atomic E-state index is 5.96. The van der Waals surface area contributed by atoms with Crippen molar-refractivity contribution in [2.24, 2.45) is 5.73 Å². The van der Waals surface area contributed by atoms with Crippen LogP contribution in [0.15, 0.2) is 42.5 Å². The molecule has 2 aromatic carbocycles. The van der Waals surface area contributed by atoms with E-state index in [1.54, 1.807) is 0 Å². The summed E-state index contributed by atoms with van der Waals surface area (Å²) in [4.78, 5) is 0. The minimum atomic E-state index is 0.422. The maximum Gasteiger partial charge on any atom is 0.122 e. The third kappa shape index (κ3) is 4.35. The molecule has 2 N–H and O–H groups in total. The summed E-state index contributed by atoms with van der Waals surface area (Å²) in [6.45, 7) is 7.80. The number of hydrogen-bond donors (Lipinski definition) is 1. The third-order valence-electron chi connectivity index (χ3n) is 4.30. The van der Waals surface area contributed by atoms with Crippen molar-refractivity contribution in [1.82, 2.24) is 0 Å². The molecule has 0 aliphatic carbocycles. The lowest BCUT2D eigenvalue weighted by Gasteiger charge is -2.16. The number of benzene rings is 2. The Kier molecular flexibility index (Phi) is 6.02. The van der Waals surface area contributed by atoms with Gasteiger partial charge in [0, 0.05) is 0 Å². The Morgan fingerprint density at radius 3 is 2.32 bits per heavy atom. The Morgan fingerprint density at radius 2 is 1.64 bits per heavy atom. The Morgan fingerprint density at radius 1 is 0.955 bits per heavy atom. The van der Waals surface area contributed by atoms with Gasteiger partial charge in [-0.25, -0.2) is 0 Å². The molecular weight excluding hydrogens is 270 g/mol. The second-order valence-corrected chi connectivity index (χ2v) is 6.04. The van der Waals surface area contributed by atoms with Gasteiger partial charge in [-0.3, -0.25) is 0 Å². The molecule has 0 aliphatic heterocycles. The highest BCUT2D eigenvalue weighted by Crippen LogP contribution is 2.24. The van der Waals surface area contributed by atoms with E-state index in [2.05, 4.69) is 57.2 Å². The van der Waals surface area contributed by atoms with Crippen LogP contribution in [0.5, 0.6) is 5.75 Å². The molecule has 0 saturated heterocycles. The number of hydrogen-bond acceptors (Lipinski definition) is 2. The van der Waals surface area contributed by atoms with Crippen molar-refractivity contribution in [3.05, 3.63) is 64.7 Å². The number of rotatable bonds is 7. The van der Waals surface area contributed by atoms with Crippen LogP contribution >= 0.6 is 0 Å². The average Bonchev–Trinajstić information content (AvgIpc) is 2.53. The van der Waals surface area contributed by atoms with Gasteiger partial charge in [0.2, 0.25) is 0 Å². The minimum absolute atomic E-state index is 0.422. The first-order valence-corrected chi connectivity index (χ1v) is 8.07. The normalized spacial score (nSPS) is 12.2. The summed E-state index contributed by atoms with van der Waals surface area (Å²) in [5, 5.41) is 0. The molecule has 1 atom stereocenters. The summed E-state index contributed by atoms with van der Waals surface area (Å²) >= 11 is 0. The molecule has 0 aliphatic rings. The molecule has 1 unspecified atom stereocenters. The van der Waals surface area contributed by atoms with E-state index in [0.29, 0.717) is 12.5 Å². The first-order valence-electron chi connectivity index (χ1n) is 8.07. The van der Waals surface area contributed by atoms with Crippen molar-refractivity contribution in [3.63, 3.8) is 0 Å². The fourth-order valence-electron chi connectivity index (χ4n) is 2.75. The topological polar surface area (TPSA) is 35.2 Å². The van der Waals surface area contributed by atoms with Gasteiger partial charge in [-0.05, 0) is 74.4 Å². The third-order valence-corrected chi connectivity index (χ3v) is 4.30. The van der Waals surface area contributed by atoms with Crippen molar-refractivity contribution >= 4 is 0 Å². The molecule has 2 aromatic rings. The van der Waals surface area contributed by atoms with E-state index in [4.69, 9.17) is 10.5 Å². The Bertz CT molecular complexity index is 592. The summed E-state index contributed by atoms with van der Waals surface area (Å²) in [7, 11) is 0. The van der Waals surface area contributed by atoms with Crippen molar-refractivity contribution in [2.45, 2.75) is 39.5 Å². The standard InChI is InChI=1S/C20H27NO/c1-15-12-17(3)20(13-16(15)2)22-11-7-10-19(14-21)18-8-5-4-6-9-18/h4-6,8-9,12-13,19H,7,10-11,14,21H2,1-3H3. The van der Waals surface area contributed by atoms with Gasteiger partial charge in [0.1, 0.15) is 5.75 Å². The van der Waals surface area contributed by atoms with Crippen LogP contribution in [0, 0.1) is 20.8 Å². The summed E-state index contributed by atoms with van der Waals surface area (Å²) in [5.74, 6) is 1.43. The van der Waals surface area contributed by atoms with E-state index < -0.39 is 0 Å².